The molecule has 0 saturated heterocycles. The fourth-order valence-electron chi connectivity index (χ4n) is 3.65. The number of benzene rings is 1. The van der Waals surface area contributed by atoms with Gasteiger partial charge in [-0.3, -0.25) is 14.9 Å². The minimum absolute atomic E-state index is 0.147. The molecule has 3 aromatic heterocycles. The van der Waals surface area contributed by atoms with Crippen LogP contribution in [0.1, 0.15) is 34.2 Å². The summed E-state index contributed by atoms with van der Waals surface area (Å²) in [5, 5.41) is 12.8. The molecule has 0 bridgehead atoms. The third-order valence-corrected chi connectivity index (χ3v) is 5.15. The Balaban J connectivity index is 1.43. The average Bonchev–Trinajstić information content (AvgIpc) is 3.21. The van der Waals surface area contributed by atoms with Crippen molar-refractivity contribution < 1.29 is 4.79 Å². The molecule has 3 heterocycles. The molecule has 0 aliphatic heterocycles. The molecule has 1 amide bonds. The van der Waals surface area contributed by atoms with E-state index in [-0.39, 0.29) is 11.8 Å². The molecule has 0 radical (unpaired) electrons. The number of aromatic nitrogens is 4. The van der Waals surface area contributed by atoms with Crippen molar-refractivity contribution in [1.82, 2.24) is 25.5 Å². The topological polar surface area (TPSA) is 83.6 Å². The van der Waals surface area contributed by atoms with Gasteiger partial charge in [-0.1, -0.05) is 42.5 Å². The van der Waals surface area contributed by atoms with Crippen LogP contribution in [0.3, 0.4) is 0 Å². The molecule has 142 valence electrons. The third-order valence-electron chi connectivity index (χ3n) is 5.15. The Bertz CT molecular complexity index is 1310. The molecule has 1 aliphatic rings. The summed E-state index contributed by atoms with van der Waals surface area (Å²) in [6.45, 7) is 0.361. The van der Waals surface area contributed by atoms with Crippen molar-refractivity contribution >= 4 is 29.1 Å². The SMILES string of the molecule is O=C(NCc1ccccn1)c1ccc2n[nH]c(C3C=c4ccccc4=CC3)c2n1. The van der Waals surface area contributed by atoms with Crippen LogP contribution in [0, 0.1) is 0 Å². The van der Waals surface area contributed by atoms with Crippen LogP contribution in [-0.4, -0.2) is 26.1 Å². The lowest BCUT2D eigenvalue weighted by Gasteiger charge is -2.12. The predicted molar refractivity (Wildman–Crippen MR) is 111 cm³/mol. The number of carbonyl (C=O) groups is 1. The molecule has 0 saturated carbocycles. The van der Waals surface area contributed by atoms with Gasteiger partial charge in [0.25, 0.3) is 5.91 Å². The van der Waals surface area contributed by atoms with Crippen LogP contribution in [0.2, 0.25) is 0 Å². The maximum atomic E-state index is 12.6. The smallest absolute Gasteiger partial charge is 0.270 e. The minimum Gasteiger partial charge on any atom is -0.345 e. The molecule has 6 heteroatoms. The summed E-state index contributed by atoms with van der Waals surface area (Å²) in [6.07, 6.45) is 7.04. The van der Waals surface area contributed by atoms with Gasteiger partial charge in [0.1, 0.15) is 16.7 Å². The number of H-pyrrole nitrogens is 1. The first-order chi connectivity index (χ1) is 14.3. The van der Waals surface area contributed by atoms with Gasteiger partial charge in [0, 0.05) is 12.1 Å². The lowest BCUT2D eigenvalue weighted by molar-refractivity contribution is 0.0946. The van der Waals surface area contributed by atoms with E-state index in [0.717, 1.165) is 28.8 Å². The zero-order chi connectivity index (χ0) is 19.6. The molecule has 1 aliphatic carbocycles. The second kappa shape index (κ2) is 7.31. The molecule has 6 nitrogen and oxygen atoms in total. The number of nitrogens with one attached hydrogen (secondary N) is 2. The molecule has 2 N–H and O–H groups in total. The van der Waals surface area contributed by atoms with Gasteiger partial charge in [0.15, 0.2) is 0 Å². The first kappa shape index (κ1) is 17.3. The van der Waals surface area contributed by atoms with E-state index in [1.54, 1.807) is 12.3 Å². The number of amides is 1. The van der Waals surface area contributed by atoms with E-state index in [0.29, 0.717) is 12.2 Å². The van der Waals surface area contributed by atoms with Gasteiger partial charge >= 0.3 is 0 Å². The Morgan fingerprint density at radius 3 is 2.79 bits per heavy atom. The van der Waals surface area contributed by atoms with Crippen molar-refractivity contribution in [3.63, 3.8) is 0 Å². The minimum atomic E-state index is -0.228. The fourth-order valence-corrected chi connectivity index (χ4v) is 3.65. The number of aromatic amines is 1. The third kappa shape index (κ3) is 3.40. The van der Waals surface area contributed by atoms with Crippen molar-refractivity contribution in [2.24, 2.45) is 0 Å². The van der Waals surface area contributed by atoms with E-state index < -0.39 is 0 Å². The fraction of sp³-hybridized carbons (Fsp3) is 0.130. The molecule has 5 rings (SSSR count). The Labute approximate surface area is 167 Å². The van der Waals surface area contributed by atoms with Gasteiger partial charge in [-0.05, 0) is 41.1 Å². The molecule has 1 atom stereocenters. The molecule has 1 aromatic carbocycles. The van der Waals surface area contributed by atoms with Gasteiger partial charge in [0.05, 0.1) is 17.9 Å². The Morgan fingerprint density at radius 1 is 1.07 bits per heavy atom. The van der Waals surface area contributed by atoms with Gasteiger partial charge in [0.2, 0.25) is 0 Å². The number of fused-ring (bicyclic) bond motifs is 2. The zero-order valence-electron chi connectivity index (χ0n) is 15.7. The molecular formula is C23H19N5O. The number of rotatable bonds is 4. The molecule has 0 fully saturated rings. The molecule has 29 heavy (non-hydrogen) atoms. The van der Waals surface area contributed by atoms with Crippen molar-refractivity contribution in [1.29, 1.82) is 0 Å². The van der Waals surface area contributed by atoms with Crippen LogP contribution in [-0.2, 0) is 6.54 Å². The number of nitrogens with zero attached hydrogens (tertiary/aromatic N) is 3. The highest BCUT2D eigenvalue weighted by molar-refractivity contribution is 5.94. The van der Waals surface area contributed by atoms with E-state index in [4.69, 9.17) is 0 Å². The van der Waals surface area contributed by atoms with E-state index >= 15 is 0 Å². The second-order valence-electron chi connectivity index (χ2n) is 7.05. The summed E-state index contributed by atoms with van der Waals surface area (Å²) < 4.78 is 0. The van der Waals surface area contributed by atoms with Gasteiger partial charge in [-0.15, -0.1) is 0 Å². The number of hydrogen-bond donors (Lipinski definition) is 2. The average molecular weight is 381 g/mol. The quantitative estimate of drug-likeness (QED) is 0.567. The Hall–Kier alpha value is -3.80. The normalized spacial score (nSPS) is 15.2. The van der Waals surface area contributed by atoms with Gasteiger partial charge in [-0.2, -0.15) is 5.10 Å². The summed E-state index contributed by atoms with van der Waals surface area (Å²) in [7, 11) is 0. The van der Waals surface area contributed by atoms with Crippen molar-refractivity contribution in [3.8, 4) is 0 Å². The lowest BCUT2D eigenvalue weighted by atomic mass is 9.94. The van der Waals surface area contributed by atoms with E-state index in [1.165, 1.54) is 10.4 Å². The lowest BCUT2D eigenvalue weighted by Crippen LogP contribution is -2.28. The van der Waals surface area contributed by atoms with Gasteiger partial charge < -0.3 is 5.32 Å². The first-order valence-corrected chi connectivity index (χ1v) is 9.58. The molecular weight excluding hydrogens is 362 g/mol. The molecule has 4 aromatic rings. The summed E-state index contributed by atoms with van der Waals surface area (Å²) >= 11 is 0. The van der Waals surface area contributed by atoms with Crippen LogP contribution in [0.4, 0.5) is 0 Å². The number of hydrogen-bond acceptors (Lipinski definition) is 4. The highest BCUT2D eigenvalue weighted by atomic mass is 16.1. The van der Waals surface area contributed by atoms with E-state index in [9.17, 15) is 4.79 Å². The van der Waals surface area contributed by atoms with E-state index in [1.807, 2.05) is 36.4 Å². The maximum Gasteiger partial charge on any atom is 0.270 e. The standard InChI is InChI=1S/C23H19N5O/c29-23(25-14-18-7-3-4-12-24-18)20-11-10-19-22(26-20)21(28-27-19)17-9-8-15-5-1-2-6-16(15)13-17/h1-8,10-13,17H,9,14H2,(H,25,29)(H,27,28). The predicted octanol–water partition coefficient (Wildman–Crippen LogP) is 2.03. The van der Waals surface area contributed by atoms with E-state index in [2.05, 4.69) is 49.8 Å². The van der Waals surface area contributed by atoms with Crippen LogP contribution in [0.25, 0.3) is 23.2 Å². The van der Waals surface area contributed by atoms with Crippen LogP contribution in [0.15, 0.2) is 60.8 Å². The molecule has 0 spiro atoms. The Kier molecular flexibility index (Phi) is 4.37. The van der Waals surface area contributed by atoms with Crippen molar-refractivity contribution in [2.75, 3.05) is 0 Å². The number of carbonyl (C=O) groups excluding carboxylic acids is 1. The summed E-state index contributed by atoms with van der Waals surface area (Å²) in [4.78, 5) is 21.4. The van der Waals surface area contributed by atoms with Crippen LogP contribution < -0.4 is 15.8 Å². The maximum absolute atomic E-state index is 12.6. The van der Waals surface area contributed by atoms with Crippen molar-refractivity contribution in [2.45, 2.75) is 18.9 Å². The highest BCUT2D eigenvalue weighted by Crippen LogP contribution is 2.27. The van der Waals surface area contributed by atoms with Crippen LogP contribution >= 0.6 is 0 Å². The summed E-state index contributed by atoms with van der Waals surface area (Å²) in [5.41, 5.74) is 3.61. The number of pyridine rings is 2. The zero-order valence-corrected chi connectivity index (χ0v) is 15.7. The second-order valence-corrected chi connectivity index (χ2v) is 7.05. The molecule has 1 unspecified atom stereocenters. The summed E-state index contributed by atoms with van der Waals surface area (Å²) in [6, 6.07) is 17.5. The highest BCUT2D eigenvalue weighted by Gasteiger charge is 2.19. The monoisotopic (exact) mass is 381 g/mol. The summed E-state index contributed by atoms with van der Waals surface area (Å²) in [5.74, 6) is -0.0801. The first-order valence-electron chi connectivity index (χ1n) is 9.58. The largest absolute Gasteiger partial charge is 0.345 e. The van der Waals surface area contributed by atoms with Crippen LogP contribution in [0.5, 0.6) is 0 Å². The Morgan fingerprint density at radius 2 is 1.93 bits per heavy atom. The van der Waals surface area contributed by atoms with Crippen molar-refractivity contribution in [3.05, 3.63) is 88.3 Å². The van der Waals surface area contributed by atoms with Gasteiger partial charge in [-0.25, -0.2) is 4.98 Å².